The molecule has 0 radical (unpaired) electrons. The smallest absolute Gasteiger partial charge is 0.293 e. The summed E-state index contributed by atoms with van der Waals surface area (Å²) in [5, 5.41) is 10.8. The number of ether oxygens (including phenoxy) is 2. The number of hydrogen-bond donors (Lipinski definition) is 0. The van der Waals surface area contributed by atoms with E-state index in [0.717, 1.165) is 16.7 Å². The second-order valence-corrected chi connectivity index (χ2v) is 8.47. The van der Waals surface area contributed by atoms with Crippen LogP contribution in [0.25, 0.3) is 6.08 Å². The van der Waals surface area contributed by atoms with E-state index in [4.69, 9.17) is 9.47 Å². The first-order valence-electron chi connectivity index (χ1n) is 10.4. The van der Waals surface area contributed by atoms with Gasteiger partial charge in [-0.3, -0.25) is 24.6 Å². The normalized spacial score (nSPS) is 14.5. The molecule has 8 nitrogen and oxygen atoms in total. The number of nitrogens with zero attached hydrogens (tertiary/aromatic N) is 2. The van der Waals surface area contributed by atoms with E-state index < -0.39 is 21.9 Å². The first-order chi connectivity index (χ1) is 16.9. The number of nitro benzene ring substituents is 1. The minimum absolute atomic E-state index is 0.0368. The van der Waals surface area contributed by atoms with Crippen LogP contribution in [0.1, 0.15) is 16.7 Å². The van der Waals surface area contributed by atoms with Gasteiger partial charge in [0.2, 0.25) is 0 Å². The maximum atomic E-state index is 13.1. The molecule has 35 heavy (non-hydrogen) atoms. The second-order valence-electron chi connectivity index (χ2n) is 7.48. The van der Waals surface area contributed by atoms with Gasteiger partial charge in [0, 0.05) is 6.07 Å². The van der Waals surface area contributed by atoms with E-state index in [2.05, 4.69) is 0 Å². The molecular weight excluding hydrogens is 475 g/mol. The summed E-state index contributed by atoms with van der Waals surface area (Å²) < 4.78 is 24.3. The molecule has 3 aromatic rings. The van der Waals surface area contributed by atoms with E-state index in [9.17, 15) is 24.1 Å². The predicted octanol–water partition coefficient (Wildman–Crippen LogP) is 5.56. The van der Waals surface area contributed by atoms with Crippen molar-refractivity contribution >= 4 is 34.7 Å². The van der Waals surface area contributed by atoms with Crippen molar-refractivity contribution in [3.8, 4) is 11.5 Å². The summed E-state index contributed by atoms with van der Waals surface area (Å²) in [7, 11) is 1.47. The molecule has 1 aliphatic rings. The lowest BCUT2D eigenvalue weighted by Gasteiger charge is -2.12. The molecule has 10 heteroatoms. The summed E-state index contributed by atoms with van der Waals surface area (Å²) in [6, 6.07) is 16.8. The Morgan fingerprint density at radius 3 is 2.51 bits per heavy atom. The zero-order valence-electron chi connectivity index (χ0n) is 18.5. The molecule has 0 N–H and O–H groups in total. The Bertz CT molecular complexity index is 1330. The van der Waals surface area contributed by atoms with Gasteiger partial charge in [-0.25, -0.2) is 4.39 Å². The van der Waals surface area contributed by atoms with Gasteiger partial charge in [0.15, 0.2) is 11.5 Å². The van der Waals surface area contributed by atoms with Crippen LogP contribution in [0.2, 0.25) is 0 Å². The number of hydrogen-bond acceptors (Lipinski definition) is 7. The Kier molecular flexibility index (Phi) is 7.11. The standard InChI is InChI=1S/C25H19FN2O6S/c1-33-21-11-8-17(12-22(21)34-15-18-4-2-3-5-20(18)28(31)32)13-23-24(29)27(25(30)35-23)14-16-6-9-19(26)10-7-16/h2-13H,14-15H2,1H3/b23-13-. The first kappa shape index (κ1) is 24.0. The fourth-order valence-electron chi connectivity index (χ4n) is 3.42. The van der Waals surface area contributed by atoms with E-state index in [1.54, 1.807) is 42.5 Å². The third-order valence-electron chi connectivity index (χ3n) is 5.18. The summed E-state index contributed by atoms with van der Waals surface area (Å²) >= 11 is 0.808. The van der Waals surface area contributed by atoms with Crippen LogP contribution >= 0.6 is 11.8 Å². The molecule has 0 bridgehead atoms. The molecule has 0 aliphatic carbocycles. The second kappa shape index (κ2) is 10.4. The Morgan fingerprint density at radius 1 is 1.06 bits per heavy atom. The summed E-state index contributed by atoms with van der Waals surface area (Å²) in [5.74, 6) is -0.125. The highest BCUT2D eigenvalue weighted by molar-refractivity contribution is 8.18. The Hall–Kier alpha value is -4.18. The number of rotatable bonds is 8. The molecule has 1 heterocycles. The molecular formula is C25H19FN2O6S. The minimum atomic E-state index is -0.478. The maximum Gasteiger partial charge on any atom is 0.293 e. The SMILES string of the molecule is COc1ccc(/C=C2\SC(=O)N(Cc3ccc(F)cc3)C2=O)cc1OCc1ccccc1[N+](=O)[O-]. The van der Waals surface area contributed by atoms with Gasteiger partial charge in [0.05, 0.1) is 29.0 Å². The summed E-state index contributed by atoms with van der Waals surface area (Å²) in [5.41, 5.74) is 1.55. The number of nitro groups is 1. The minimum Gasteiger partial charge on any atom is -0.493 e. The zero-order chi connectivity index (χ0) is 24.9. The van der Waals surface area contributed by atoms with Crippen LogP contribution in [0, 0.1) is 15.9 Å². The number of para-hydroxylation sites is 1. The molecule has 3 aromatic carbocycles. The third-order valence-corrected chi connectivity index (χ3v) is 6.09. The van der Waals surface area contributed by atoms with Crippen LogP contribution in [0.3, 0.4) is 0 Å². The van der Waals surface area contributed by atoms with Crippen molar-refractivity contribution in [1.29, 1.82) is 0 Å². The zero-order valence-corrected chi connectivity index (χ0v) is 19.3. The fourth-order valence-corrected chi connectivity index (χ4v) is 4.26. The van der Waals surface area contributed by atoms with Crippen molar-refractivity contribution in [2.24, 2.45) is 0 Å². The van der Waals surface area contributed by atoms with Crippen LogP contribution in [0.4, 0.5) is 14.9 Å². The molecule has 0 unspecified atom stereocenters. The molecule has 1 aliphatic heterocycles. The average molecular weight is 495 g/mol. The lowest BCUT2D eigenvalue weighted by atomic mass is 10.1. The number of carbonyl (C=O) groups excluding carboxylic acids is 2. The highest BCUT2D eigenvalue weighted by Gasteiger charge is 2.35. The van der Waals surface area contributed by atoms with Gasteiger partial charge in [0.1, 0.15) is 12.4 Å². The Balaban J connectivity index is 1.53. The highest BCUT2D eigenvalue weighted by Crippen LogP contribution is 2.35. The van der Waals surface area contributed by atoms with Crippen LogP contribution in [-0.2, 0) is 17.9 Å². The van der Waals surface area contributed by atoms with Crippen LogP contribution in [0.5, 0.6) is 11.5 Å². The van der Waals surface area contributed by atoms with Crippen molar-refractivity contribution in [1.82, 2.24) is 4.90 Å². The number of methoxy groups -OCH3 is 1. The van der Waals surface area contributed by atoms with Gasteiger partial charge < -0.3 is 9.47 Å². The van der Waals surface area contributed by atoms with E-state index in [-0.39, 0.29) is 23.7 Å². The molecule has 4 rings (SSSR count). The van der Waals surface area contributed by atoms with Gasteiger partial charge >= 0.3 is 0 Å². The number of thioether (sulfide) groups is 1. The molecule has 1 fully saturated rings. The lowest BCUT2D eigenvalue weighted by Crippen LogP contribution is -2.27. The first-order valence-corrected chi connectivity index (χ1v) is 11.2. The van der Waals surface area contributed by atoms with E-state index in [1.165, 1.54) is 37.4 Å². The van der Waals surface area contributed by atoms with Crippen LogP contribution < -0.4 is 9.47 Å². The number of halogens is 1. The van der Waals surface area contributed by atoms with Crippen molar-refractivity contribution in [2.45, 2.75) is 13.2 Å². The number of benzene rings is 3. The number of imide groups is 1. The predicted molar refractivity (Wildman–Crippen MR) is 128 cm³/mol. The molecule has 2 amide bonds. The molecule has 0 saturated carbocycles. The van der Waals surface area contributed by atoms with Gasteiger partial charge in [-0.2, -0.15) is 0 Å². The van der Waals surface area contributed by atoms with Gasteiger partial charge in [-0.05, 0) is 59.3 Å². The van der Waals surface area contributed by atoms with Crippen molar-refractivity contribution < 1.29 is 28.4 Å². The quantitative estimate of drug-likeness (QED) is 0.230. The van der Waals surface area contributed by atoms with Crippen molar-refractivity contribution in [3.63, 3.8) is 0 Å². The van der Waals surface area contributed by atoms with Crippen LogP contribution in [-0.4, -0.2) is 28.1 Å². The van der Waals surface area contributed by atoms with Crippen molar-refractivity contribution in [3.05, 3.63) is 104 Å². The monoisotopic (exact) mass is 494 g/mol. The third kappa shape index (κ3) is 5.49. The fraction of sp³-hybridized carbons (Fsp3) is 0.120. The molecule has 0 atom stereocenters. The summed E-state index contributed by atoms with van der Waals surface area (Å²) in [4.78, 5) is 37.4. The topological polar surface area (TPSA) is 99.0 Å². The highest BCUT2D eigenvalue weighted by atomic mass is 32.2. The van der Waals surface area contributed by atoms with E-state index in [1.807, 2.05) is 0 Å². The molecule has 178 valence electrons. The number of carbonyl (C=O) groups is 2. The van der Waals surface area contributed by atoms with E-state index >= 15 is 0 Å². The van der Waals surface area contributed by atoms with Gasteiger partial charge in [-0.1, -0.05) is 30.3 Å². The maximum absolute atomic E-state index is 13.1. The van der Waals surface area contributed by atoms with Crippen LogP contribution in [0.15, 0.2) is 71.6 Å². The number of amides is 2. The van der Waals surface area contributed by atoms with Gasteiger partial charge in [-0.15, -0.1) is 0 Å². The summed E-state index contributed by atoms with van der Waals surface area (Å²) in [6.07, 6.45) is 1.56. The molecule has 1 saturated heterocycles. The Morgan fingerprint density at radius 2 is 1.80 bits per heavy atom. The van der Waals surface area contributed by atoms with Crippen molar-refractivity contribution in [2.75, 3.05) is 7.11 Å². The van der Waals surface area contributed by atoms with Gasteiger partial charge in [0.25, 0.3) is 16.8 Å². The largest absolute Gasteiger partial charge is 0.493 e. The summed E-state index contributed by atoms with van der Waals surface area (Å²) in [6.45, 7) is -0.0275. The average Bonchev–Trinajstić information content (AvgIpc) is 3.11. The molecule has 0 aromatic heterocycles. The van der Waals surface area contributed by atoms with E-state index in [0.29, 0.717) is 28.2 Å². The Labute approximate surface area is 204 Å². The lowest BCUT2D eigenvalue weighted by molar-refractivity contribution is -0.385. The molecule has 0 spiro atoms.